The summed E-state index contributed by atoms with van der Waals surface area (Å²) in [5.74, 6) is 1.63. The van der Waals surface area contributed by atoms with Gasteiger partial charge in [0, 0.05) is 5.92 Å². The molecule has 0 spiro atoms. The first-order valence-corrected chi connectivity index (χ1v) is 7.72. The molecule has 2 aromatic rings. The molecule has 0 bridgehead atoms. The highest BCUT2D eigenvalue weighted by atomic mass is 35.5. The van der Waals surface area contributed by atoms with Crippen LogP contribution >= 0.6 is 11.6 Å². The zero-order chi connectivity index (χ0) is 15.0. The maximum absolute atomic E-state index is 6.04. The van der Waals surface area contributed by atoms with Crippen LogP contribution in [0.4, 0.5) is 5.69 Å². The number of nitrogens with two attached hydrogens (primary N) is 1. The summed E-state index contributed by atoms with van der Waals surface area (Å²) in [5, 5.41) is 4.66. The molecular weight excluding hydrogens is 286 g/mol. The normalized spacial score (nSPS) is 18.8. The van der Waals surface area contributed by atoms with Gasteiger partial charge in [0.15, 0.2) is 5.82 Å². The number of aromatic nitrogens is 2. The zero-order valence-corrected chi connectivity index (χ0v) is 13.2. The maximum Gasteiger partial charge on any atom is 0.260 e. The van der Waals surface area contributed by atoms with Crippen LogP contribution in [-0.2, 0) is 0 Å². The number of benzene rings is 1. The summed E-state index contributed by atoms with van der Waals surface area (Å²) in [6, 6.07) is 5.43. The first-order valence-electron chi connectivity index (χ1n) is 7.34. The second-order valence-corrected chi connectivity index (χ2v) is 7.00. The zero-order valence-electron chi connectivity index (χ0n) is 12.4. The summed E-state index contributed by atoms with van der Waals surface area (Å²) in [7, 11) is 0. The molecule has 2 N–H and O–H groups in total. The van der Waals surface area contributed by atoms with E-state index in [4.69, 9.17) is 21.9 Å². The average Bonchev–Trinajstić information content (AvgIpc) is 2.91. The molecule has 1 aromatic heterocycles. The molecular formula is C16H20ClN3O. The van der Waals surface area contributed by atoms with Gasteiger partial charge in [0.05, 0.1) is 16.3 Å². The van der Waals surface area contributed by atoms with Crippen molar-refractivity contribution in [2.24, 2.45) is 5.41 Å². The second kappa shape index (κ2) is 5.34. The largest absolute Gasteiger partial charge is 0.397 e. The third-order valence-electron chi connectivity index (χ3n) is 4.43. The molecule has 4 nitrogen and oxygen atoms in total. The molecule has 1 heterocycles. The van der Waals surface area contributed by atoms with E-state index in [1.54, 1.807) is 6.07 Å². The van der Waals surface area contributed by atoms with Gasteiger partial charge in [-0.15, -0.1) is 0 Å². The SMILES string of the molecule is CC1(C)CCC(c2noc(-c3cccc(Cl)c3N)n2)CC1. The summed E-state index contributed by atoms with van der Waals surface area (Å²) in [4.78, 5) is 4.54. The number of nitrogen functional groups attached to an aromatic ring is 1. The summed E-state index contributed by atoms with van der Waals surface area (Å²) < 4.78 is 5.39. The Morgan fingerprint density at radius 2 is 2.00 bits per heavy atom. The van der Waals surface area contributed by atoms with Gasteiger partial charge in [-0.3, -0.25) is 0 Å². The number of rotatable bonds is 2. The fourth-order valence-electron chi connectivity index (χ4n) is 2.89. The van der Waals surface area contributed by atoms with Gasteiger partial charge in [-0.1, -0.05) is 36.7 Å². The van der Waals surface area contributed by atoms with Crippen LogP contribution in [0.5, 0.6) is 0 Å². The lowest BCUT2D eigenvalue weighted by Crippen LogP contribution is -2.20. The standard InChI is InChI=1S/C16H20ClN3O/c1-16(2)8-6-10(7-9-16)14-19-15(21-20-14)11-4-3-5-12(17)13(11)18/h3-5,10H,6-9,18H2,1-2H3. The third-order valence-corrected chi connectivity index (χ3v) is 4.76. The lowest BCUT2D eigenvalue weighted by Gasteiger charge is -2.32. The van der Waals surface area contributed by atoms with Gasteiger partial charge < -0.3 is 10.3 Å². The molecule has 0 atom stereocenters. The van der Waals surface area contributed by atoms with Crippen molar-refractivity contribution in [1.82, 2.24) is 10.1 Å². The number of hydrogen-bond acceptors (Lipinski definition) is 4. The second-order valence-electron chi connectivity index (χ2n) is 6.60. The van der Waals surface area contributed by atoms with Gasteiger partial charge in [-0.25, -0.2) is 0 Å². The first-order chi connectivity index (χ1) is 9.96. The van der Waals surface area contributed by atoms with Crippen LogP contribution in [-0.4, -0.2) is 10.1 Å². The number of halogens is 1. The molecule has 0 saturated heterocycles. The fraction of sp³-hybridized carbons (Fsp3) is 0.500. The summed E-state index contributed by atoms with van der Waals surface area (Å²) in [5.41, 5.74) is 7.60. The molecule has 0 aliphatic heterocycles. The quantitative estimate of drug-likeness (QED) is 0.820. The van der Waals surface area contributed by atoms with Gasteiger partial charge in [0.25, 0.3) is 5.89 Å². The van der Waals surface area contributed by atoms with Crippen molar-refractivity contribution in [3.05, 3.63) is 29.0 Å². The van der Waals surface area contributed by atoms with Crippen LogP contribution in [0.1, 0.15) is 51.3 Å². The van der Waals surface area contributed by atoms with E-state index in [1.165, 1.54) is 12.8 Å². The van der Waals surface area contributed by atoms with Gasteiger partial charge in [0.2, 0.25) is 0 Å². The summed E-state index contributed by atoms with van der Waals surface area (Å²) in [6.07, 6.45) is 4.61. The van der Waals surface area contributed by atoms with Crippen molar-refractivity contribution in [1.29, 1.82) is 0 Å². The first kappa shape index (κ1) is 14.4. The number of para-hydroxylation sites is 1. The highest BCUT2D eigenvalue weighted by Gasteiger charge is 2.30. The van der Waals surface area contributed by atoms with E-state index in [2.05, 4.69) is 24.0 Å². The Morgan fingerprint density at radius 3 is 2.71 bits per heavy atom. The van der Waals surface area contributed by atoms with E-state index in [0.717, 1.165) is 18.7 Å². The average molecular weight is 306 g/mol. The van der Waals surface area contributed by atoms with Crippen LogP contribution in [0.3, 0.4) is 0 Å². The topological polar surface area (TPSA) is 64.9 Å². The molecule has 5 heteroatoms. The van der Waals surface area contributed by atoms with E-state index < -0.39 is 0 Å². The minimum Gasteiger partial charge on any atom is -0.397 e. The fourth-order valence-corrected chi connectivity index (χ4v) is 3.07. The van der Waals surface area contributed by atoms with Crippen molar-refractivity contribution in [2.45, 2.75) is 45.4 Å². The van der Waals surface area contributed by atoms with Crippen LogP contribution < -0.4 is 5.73 Å². The molecule has 1 aliphatic carbocycles. The van der Waals surface area contributed by atoms with Crippen LogP contribution in [0.15, 0.2) is 22.7 Å². The Hall–Kier alpha value is -1.55. The van der Waals surface area contributed by atoms with Gasteiger partial charge in [-0.05, 0) is 43.2 Å². The van der Waals surface area contributed by atoms with E-state index >= 15 is 0 Å². The highest BCUT2D eigenvalue weighted by molar-refractivity contribution is 6.33. The Balaban J connectivity index is 1.82. The van der Waals surface area contributed by atoms with Gasteiger partial charge in [0.1, 0.15) is 0 Å². The van der Waals surface area contributed by atoms with Crippen molar-refractivity contribution in [3.63, 3.8) is 0 Å². The molecule has 1 aliphatic rings. The van der Waals surface area contributed by atoms with Crippen molar-refractivity contribution < 1.29 is 4.52 Å². The Morgan fingerprint density at radius 1 is 1.29 bits per heavy atom. The Kier molecular flexibility index (Phi) is 3.66. The molecule has 1 fully saturated rings. The number of nitrogens with zero attached hydrogens (tertiary/aromatic N) is 2. The van der Waals surface area contributed by atoms with E-state index in [1.807, 2.05) is 12.1 Å². The predicted octanol–water partition coefficient (Wildman–Crippen LogP) is 4.66. The molecule has 1 saturated carbocycles. The lowest BCUT2D eigenvalue weighted by atomic mass is 9.73. The Bertz CT molecular complexity index is 641. The van der Waals surface area contributed by atoms with Crippen LogP contribution in [0.2, 0.25) is 5.02 Å². The minimum absolute atomic E-state index is 0.385. The summed E-state index contributed by atoms with van der Waals surface area (Å²) in [6.45, 7) is 4.63. The van der Waals surface area contributed by atoms with Crippen molar-refractivity contribution in [3.8, 4) is 11.5 Å². The minimum atomic E-state index is 0.385. The van der Waals surface area contributed by atoms with Crippen LogP contribution in [0.25, 0.3) is 11.5 Å². The molecule has 3 rings (SSSR count). The Labute approximate surface area is 129 Å². The van der Waals surface area contributed by atoms with E-state index in [-0.39, 0.29) is 0 Å². The van der Waals surface area contributed by atoms with Gasteiger partial charge in [-0.2, -0.15) is 4.98 Å². The van der Waals surface area contributed by atoms with E-state index in [0.29, 0.717) is 33.5 Å². The predicted molar refractivity (Wildman–Crippen MR) is 84.1 cm³/mol. The highest BCUT2D eigenvalue weighted by Crippen LogP contribution is 2.42. The van der Waals surface area contributed by atoms with Gasteiger partial charge >= 0.3 is 0 Å². The number of anilines is 1. The molecule has 1 aromatic carbocycles. The third kappa shape index (κ3) is 2.91. The lowest BCUT2D eigenvalue weighted by molar-refractivity contribution is 0.218. The molecule has 0 radical (unpaired) electrons. The summed E-state index contributed by atoms with van der Waals surface area (Å²) >= 11 is 6.04. The monoisotopic (exact) mass is 305 g/mol. The van der Waals surface area contributed by atoms with Crippen molar-refractivity contribution >= 4 is 17.3 Å². The van der Waals surface area contributed by atoms with E-state index in [9.17, 15) is 0 Å². The molecule has 0 unspecified atom stereocenters. The number of hydrogen-bond donors (Lipinski definition) is 1. The molecule has 0 amide bonds. The molecule has 21 heavy (non-hydrogen) atoms. The maximum atomic E-state index is 6.04. The smallest absolute Gasteiger partial charge is 0.260 e. The van der Waals surface area contributed by atoms with Crippen LogP contribution in [0, 0.1) is 5.41 Å². The van der Waals surface area contributed by atoms with Crippen molar-refractivity contribution in [2.75, 3.05) is 5.73 Å². The molecule has 112 valence electrons.